The van der Waals surface area contributed by atoms with Gasteiger partial charge >= 0.3 is 0 Å². The Labute approximate surface area is 337 Å². The van der Waals surface area contributed by atoms with E-state index in [1.807, 2.05) is 0 Å². The molecule has 2 heteroatoms. The smallest absolute Gasteiger partial charge is 0.182 e. The van der Waals surface area contributed by atoms with E-state index in [2.05, 4.69) is 170 Å². The Bertz CT molecular complexity index is 2840. The summed E-state index contributed by atoms with van der Waals surface area (Å²) in [6, 6.07) is 60.1. The third-order valence-corrected chi connectivity index (χ3v) is 21.6. The van der Waals surface area contributed by atoms with E-state index in [1.54, 1.807) is 31.9 Å². The van der Waals surface area contributed by atoms with Crippen molar-refractivity contribution >= 4 is 45.9 Å². The quantitative estimate of drug-likeness (QED) is 0.151. The standard InChI is InChI=1S/C55H45NSi/c1-54(2)44-17-7-3-13-38(44)43-31-49-47(32-46(43)54)55(35-26-33-25-34(28-35)29-36(55)27-33)45-18-8-9-19-48(45)56(49)37-23-24-42-41-16-6-12-22-52(41)57(53(42)30-37)50-20-10-4-14-39(50)40-15-5-11-21-51(40)57/h3-24,30-36H,25-29H2,1-2H3. The molecule has 0 radical (unpaired) electrons. The largest absolute Gasteiger partial charge is 0.310 e. The molecule has 4 fully saturated rings. The van der Waals surface area contributed by atoms with Gasteiger partial charge in [-0.3, -0.25) is 0 Å². The zero-order chi connectivity index (χ0) is 37.4. The average molecular weight is 748 g/mol. The van der Waals surface area contributed by atoms with Gasteiger partial charge in [0, 0.05) is 16.5 Å². The molecule has 7 aromatic rings. The van der Waals surface area contributed by atoms with Crippen LogP contribution in [0.3, 0.4) is 0 Å². The van der Waals surface area contributed by atoms with Crippen LogP contribution in [0.15, 0.2) is 152 Å². The van der Waals surface area contributed by atoms with Gasteiger partial charge in [-0.1, -0.05) is 141 Å². The summed E-state index contributed by atoms with van der Waals surface area (Å²) >= 11 is 0. The summed E-state index contributed by atoms with van der Waals surface area (Å²) in [7, 11) is -2.60. The summed E-state index contributed by atoms with van der Waals surface area (Å²) < 4.78 is 0. The van der Waals surface area contributed by atoms with Crippen molar-refractivity contribution < 1.29 is 0 Å². The summed E-state index contributed by atoms with van der Waals surface area (Å²) in [5.74, 6) is 3.19. The second kappa shape index (κ2) is 10.5. The molecule has 3 heterocycles. The molecule has 2 spiro atoms. The van der Waals surface area contributed by atoms with Gasteiger partial charge in [0.2, 0.25) is 0 Å². The third kappa shape index (κ3) is 3.58. The van der Waals surface area contributed by atoms with Crippen molar-refractivity contribution in [2.45, 2.75) is 56.8 Å². The molecular weight excluding hydrogens is 703 g/mol. The Kier molecular flexibility index (Phi) is 5.84. The summed E-state index contributed by atoms with van der Waals surface area (Å²) in [5.41, 5.74) is 18.8. The molecule has 7 aromatic carbocycles. The molecule has 0 amide bonds. The first-order valence-electron chi connectivity index (χ1n) is 21.6. The topological polar surface area (TPSA) is 3.24 Å². The molecule has 5 aliphatic carbocycles. The average Bonchev–Trinajstić information content (AvgIpc) is 3.80. The van der Waals surface area contributed by atoms with Crippen molar-refractivity contribution in [1.29, 1.82) is 0 Å². The van der Waals surface area contributed by atoms with Crippen LogP contribution in [-0.4, -0.2) is 8.07 Å². The SMILES string of the molecule is CC1(C)c2ccccc2-c2cc3c(cc21)C1(c2ccccc2N3c2ccc3c(c2)[Si]2(c4ccccc4-c4ccccc42)c2ccccc2-3)C2CC3CC(C2)CC1C3. The lowest BCUT2D eigenvalue weighted by atomic mass is 9.41. The molecule has 3 aliphatic heterocycles. The zero-order valence-electron chi connectivity index (χ0n) is 32.7. The second-order valence-corrected chi connectivity index (χ2v) is 22.9. The van der Waals surface area contributed by atoms with Crippen LogP contribution in [0.4, 0.5) is 17.1 Å². The van der Waals surface area contributed by atoms with Gasteiger partial charge in [0.1, 0.15) is 0 Å². The summed E-state index contributed by atoms with van der Waals surface area (Å²) in [4.78, 5) is 2.73. The fourth-order valence-electron chi connectivity index (χ4n) is 14.9. The second-order valence-electron chi connectivity index (χ2n) is 19.2. The predicted molar refractivity (Wildman–Crippen MR) is 238 cm³/mol. The van der Waals surface area contributed by atoms with Gasteiger partial charge in [0.25, 0.3) is 0 Å². The number of rotatable bonds is 1. The minimum absolute atomic E-state index is 0.0437. The van der Waals surface area contributed by atoms with Crippen LogP contribution in [0.25, 0.3) is 33.4 Å². The molecule has 0 atom stereocenters. The van der Waals surface area contributed by atoms with E-state index in [0.29, 0.717) is 11.8 Å². The van der Waals surface area contributed by atoms with E-state index >= 15 is 0 Å². The van der Waals surface area contributed by atoms with Crippen molar-refractivity contribution in [3.63, 3.8) is 0 Å². The maximum atomic E-state index is 2.76. The Hall–Kier alpha value is -5.44. The van der Waals surface area contributed by atoms with Crippen molar-refractivity contribution in [2.24, 2.45) is 23.7 Å². The van der Waals surface area contributed by atoms with Crippen LogP contribution < -0.4 is 25.6 Å². The van der Waals surface area contributed by atoms with Gasteiger partial charge < -0.3 is 4.90 Å². The number of benzene rings is 7. The Morgan fingerprint density at radius 1 is 0.421 bits per heavy atom. The Balaban J connectivity index is 1.07. The van der Waals surface area contributed by atoms with Crippen molar-refractivity contribution in [3.05, 3.63) is 174 Å². The molecule has 1 nitrogen and oxygen atoms in total. The lowest BCUT2D eigenvalue weighted by Crippen LogP contribution is -2.70. The molecule has 57 heavy (non-hydrogen) atoms. The monoisotopic (exact) mass is 747 g/mol. The minimum atomic E-state index is -2.60. The van der Waals surface area contributed by atoms with Gasteiger partial charge in [-0.25, -0.2) is 0 Å². The maximum absolute atomic E-state index is 2.76. The summed E-state index contributed by atoms with van der Waals surface area (Å²) in [6.45, 7) is 4.95. The zero-order valence-corrected chi connectivity index (χ0v) is 33.7. The summed E-state index contributed by atoms with van der Waals surface area (Å²) in [5, 5.41) is 6.16. The van der Waals surface area contributed by atoms with E-state index in [9.17, 15) is 0 Å². The highest BCUT2D eigenvalue weighted by atomic mass is 28.3. The van der Waals surface area contributed by atoms with Gasteiger partial charge in [-0.05, 0) is 156 Å². The van der Waals surface area contributed by atoms with E-state index in [0.717, 1.165) is 11.8 Å². The molecule has 274 valence electrons. The van der Waals surface area contributed by atoms with Gasteiger partial charge in [0.05, 0.1) is 11.4 Å². The normalized spacial score (nSPS) is 26.0. The highest BCUT2D eigenvalue weighted by Crippen LogP contribution is 2.70. The number of nitrogens with zero attached hydrogens (tertiary/aromatic N) is 1. The molecule has 4 bridgehead atoms. The Morgan fingerprint density at radius 3 is 1.58 bits per heavy atom. The Morgan fingerprint density at radius 2 is 0.947 bits per heavy atom. The van der Waals surface area contributed by atoms with Gasteiger partial charge in [-0.15, -0.1) is 0 Å². The predicted octanol–water partition coefficient (Wildman–Crippen LogP) is 10.9. The van der Waals surface area contributed by atoms with Crippen LogP contribution >= 0.6 is 0 Å². The van der Waals surface area contributed by atoms with Crippen molar-refractivity contribution in [1.82, 2.24) is 0 Å². The third-order valence-electron chi connectivity index (χ3n) is 16.6. The van der Waals surface area contributed by atoms with Gasteiger partial charge in [0.15, 0.2) is 8.07 Å². The fraction of sp³-hybridized carbons (Fsp3) is 0.236. The van der Waals surface area contributed by atoms with E-state index in [4.69, 9.17) is 0 Å². The van der Waals surface area contributed by atoms with E-state index in [1.165, 1.54) is 93.7 Å². The van der Waals surface area contributed by atoms with Crippen LogP contribution in [0.1, 0.15) is 68.2 Å². The number of fused-ring (bicyclic) bond motifs is 15. The number of para-hydroxylation sites is 1. The van der Waals surface area contributed by atoms with Crippen LogP contribution in [0.5, 0.6) is 0 Å². The first-order chi connectivity index (χ1) is 28.0. The van der Waals surface area contributed by atoms with Crippen LogP contribution in [0.2, 0.25) is 0 Å². The highest BCUT2D eigenvalue weighted by molar-refractivity contribution is 7.24. The van der Waals surface area contributed by atoms with Gasteiger partial charge in [-0.2, -0.15) is 0 Å². The van der Waals surface area contributed by atoms with E-state index in [-0.39, 0.29) is 10.8 Å². The lowest BCUT2D eigenvalue weighted by Gasteiger charge is -2.64. The maximum Gasteiger partial charge on any atom is 0.182 e. The van der Waals surface area contributed by atoms with Crippen LogP contribution in [0, 0.1) is 23.7 Å². The molecule has 0 unspecified atom stereocenters. The molecular formula is C55H45NSi. The number of hydrogen-bond donors (Lipinski definition) is 0. The van der Waals surface area contributed by atoms with Crippen LogP contribution in [-0.2, 0) is 10.8 Å². The fourth-order valence-corrected chi connectivity index (χ4v) is 20.5. The number of anilines is 3. The first kappa shape index (κ1) is 31.6. The lowest BCUT2D eigenvalue weighted by molar-refractivity contribution is -0.0419. The molecule has 0 aromatic heterocycles. The first-order valence-corrected chi connectivity index (χ1v) is 23.6. The molecule has 15 rings (SSSR count). The van der Waals surface area contributed by atoms with E-state index < -0.39 is 8.07 Å². The molecule has 0 saturated heterocycles. The molecule has 0 N–H and O–H groups in total. The molecule has 8 aliphatic rings. The summed E-state index contributed by atoms with van der Waals surface area (Å²) in [6.07, 6.45) is 6.99. The highest BCUT2D eigenvalue weighted by Gasteiger charge is 2.62. The van der Waals surface area contributed by atoms with Crippen molar-refractivity contribution in [3.8, 4) is 33.4 Å². The number of hydrogen-bond acceptors (Lipinski definition) is 1. The van der Waals surface area contributed by atoms with Crippen molar-refractivity contribution in [2.75, 3.05) is 4.90 Å². The minimum Gasteiger partial charge on any atom is -0.310 e. The molecule has 4 saturated carbocycles.